The topological polar surface area (TPSA) is 97.8 Å². The van der Waals surface area contributed by atoms with E-state index in [4.69, 9.17) is 14.4 Å². The van der Waals surface area contributed by atoms with Gasteiger partial charge in [0.25, 0.3) is 0 Å². The lowest BCUT2D eigenvalue weighted by Gasteiger charge is -2.37. The standard InChI is InChI=1S/C30H38BN2O5S.C2H6.H2/c1-27(2,3)37-25(34)17-30(15-19-10-8-9-11-20(19)16-30)26(35)32-18-24-33-22-14-21(12-13-23(22)39-24)31-38-29(6,7)28(4,5)36;1-2;/h8-14,36H,15-18H2,1-7H3,(H,32,35);1-2H3;1H. The normalized spacial score (nSPS) is 14.6. The van der Waals surface area contributed by atoms with Crippen molar-refractivity contribution < 1.29 is 25.5 Å². The van der Waals surface area contributed by atoms with Crippen molar-refractivity contribution in [2.45, 2.75) is 105 Å². The van der Waals surface area contributed by atoms with Gasteiger partial charge in [0.05, 0.1) is 39.8 Å². The Morgan fingerprint density at radius 2 is 1.66 bits per heavy atom. The molecule has 0 fully saturated rings. The summed E-state index contributed by atoms with van der Waals surface area (Å²) in [7, 11) is 1.64. The summed E-state index contributed by atoms with van der Waals surface area (Å²) in [5.74, 6) is -0.538. The summed E-state index contributed by atoms with van der Waals surface area (Å²) < 4.78 is 12.5. The molecular formula is C32H46BN2O5S. The molecule has 4 rings (SSSR count). The van der Waals surface area contributed by atoms with E-state index in [9.17, 15) is 14.7 Å². The molecule has 1 aromatic heterocycles. The first-order valence-corrected chi connectivity index (χ1v) is 15.1. The molecule has 1 aliphatic rings. The molecule has 2 N–H and O–H groups in total. The molecule has 223 valence electrons. The van der Waals surface area contributed by atoms with Gasteiger partial charge in [-0.2, -0.15) is 0 Å². The van der Waals surface area contributed by atoms with Crippen LogP contribution in [0.25, 0.3) is 10.2 Å². The van der Waals surface area contributed by atoms with Gasteiger partial charge < -0.3 is 19.8 Å². The van der Waals surface area contributed by atoms with Crippen LogP contribution in [0, 0.1) is 5.41 Å². The van der Waals surface area contributed by atoms with Crippen molar-refractivity contribution in [2.75, 3.05) is 0 Å². The molecule has 41 heavy (non-hydrogen) atoms. The Hall–Kier alpha value is -2.75. The highest BCUT2D eigenvalue weighted by Crippen LogP contribution is 2.41. The van der Waals surface area contributed by atoms with Crippen LogP contribution in [0.5, 0.6) is 0 Å². The monoisotopic (exact) mass is 581 g/mol. The second-order valence-corrected chi connectivity index (χ2v) is 13.6. The second-order valence-electron chi connectivity index (χ2n) is 12.5. The van der Waals surface area contributed by atoms with Crippen LogP contribution in [0.1, 0.15) is 86.3 Å². The van der Waals surface area contributed by atoms with Gasteiger partial charge in [-0.05, 0) is 84.6 Å². The van der Waals surface area contributed by atoms with Crippen molar-refractivity contribution >= 4 is 46.4 Å². The van der Waals surface area contributed by atoms with E-state index in [1.807, 2.05) is 90.9 Å². The summed E-state index contributed by atoms with van der Waals surface area (Å²) in [5.41, 5.74) is 0.530. The molecule has 0 bridgehead atoms. The largest absolute Gasteiger partial charge is 0.460 e. The molecule has 2 aromatic carbocycles. The Morgan fingerprint density at radius 3 is 2.22 bits per heavy atom. The van der Waals surface area contributed by atoms with Crippen LogP contribution in [-0.4, -0.2) is 46.3 Å². The number of fused-ring (bicyclic) bond motifs is 2. The summed E-state index contributed by atoms with van der Waals surface area (Å²) in [6.45, 7) is 16.9. The summed E-state index contributed by atoms with van der Waals surface area (Å²) >= 11 is 1.51. The smallest absolute Gasteiger partial charge is 0.330 e. The highest BCUT2D eigenvalue weighted by molar-refractivity contribution is 7.18. The average Bonchev–Trinajstić information content (AvgIpc) is 3.46. The van der Waals surface area contributed by atoms with E-state index in [0.29, 0.717) is 12.8 Å². The number of nitrogens with zero attached hydrogens (tertiary/aromatic N) is 1. The number of esters is 1. The third kappa shape index (κ3) is 8.18. The molecule has 9 heteroatoms. The van der Waals surface area contributed by atoms with Crippen molar-refractivity contribution in [1.82, 2.24) is 10.3 Å². The number of hydrogen-bond donors (Lipinski definition) is 2. The van der Waals surface area contributed by atoms with Crippen LogP contribution in [0.15, 0.2) is 42.5 Å². The van der Waals surface area contributed by atoms with Gasteiger partial charge in [0.1, 0.15) is 10.6 Å². The molecule has 1 amide bonds. The van der Waals surface area contributed by atoms with Crippen LogP contribution < -0.4 is 10.8 Å². The maximum atomic E-state index is 13.7. The van der Waals surface area contributed by atoms with Crippen LogP contribution >= 0.6 is 11.3 Å². The molecule has 0 atom stereocenters. The maximum absolute atomic E-state index is 13.7. The van der Waals surface area contributed by atoms with Crippen LogP contribution in [0.4, 0.5) is 0 Å². The number of ether oxygens (including phenoxy) is 1. The molecule has 7 nitrogen and oxygen atoms in total. The number of carbonyl (C=O) groups is 2. The predicted molar refractivity (Wildman–Crippen MR) is 169 cm³/mol. The van der Waals surface area contributed by atoms with Gasteiger partial charge >= 0.3 is 13.5 Å². The molecule has 0 aliphatic heterocycles. The highest BCUT2D eigenvalue weighted by atomic mass is 32.1. The number of aliphatic hydroxyl groups is 1. The second kappa shape index (κ2) is 12.6. The van der Waals surface area contributed by atoms with Crippen LogP contribution in [0.3, 0.4) is 0 Å². The van der Waals surface area contributed by atoms with E-state index >= 15 is 0 Å². The van der Waals surface area contributed by atoms with E-state index in [1.54, 1.807) is 21.3 Å². The fraction of sp³-hybridized carbons (Fsp3) is 0.531. The minimum atomic E-state index is -1.01. The first-order chi connectivity index (χ1) is 19.1. The minimum Gasteiger partial charge on any atom is -0.460 e. The number of nitrogens with one attached hydrogen (secondary N) is 1. The minimum absolute atomic E-state index is 0. The van der Waals surface area contributed by atoms with E-state index in [0.717, 1.165) is 31.8 Å². The Morgan fingerprint density at radius 1 is 1.05 bits per heavy atom. The van der Waals surface area contributed by atoms with Crippen LogP contribution in [-0.2, 0) is 38.4 Å². The quantitative estimate of drug-likeness (QED) is 0.256. The summed E-state index contributed by atoms with van der Waals surface area (Å²) in [6.07, 6.45) is 1.01. The van der Waals surface area contributed by atoms with Gasteiger partial charge in [0.15, 0.2) is 0 Å². The number of rotatable bonds is 9. The first kappa shape index (κ1) is 32.8. The van der Waals surface area contributed by atoms with E-state index in [1.165, 1.54) is 11.3 Å². The molecule has 0 unspecified atom stereocenters. The van der Waals surface area contributed by atoms with E-state index in [2.05, 4.69) is 5.32 Å². The summed E-state index contributed by atoms with van der Waals surface area (Å²) in [6, 6.07) is 13.8. The Kier molecular flexibility index (Phi) is 10.1. The number of carbonyl (C=O) groups excluding carboxylic acids is 2. The summed E-state index contributed by atoms with van der Waals surface area (Å²) in [4.78, 5) is 31.2. The number of aromatic nitrogens is 1. The van der Waals surface area contributed by atoms with Gasteiger partial charge in [-0.25, -0.2) is 4.98 Å². The zero-order valence-electron chi connectivity index (χ0n) is 25.9. The molecular weight excluding hydrogens is 535 g/mol. The number of hydrogen-bond acceptors (Lipinski definition) is 7. The SMILES string of the molecule is CC.CC(C)(C)OC(=O)CC1(C(=O)NCc2nc3cc([B]OC(C)(C)C(C)(C)O)ccc3s2)Cc2ccccc2C1.[HH]. The molecule has 0 saturated carbocycles. The summed E-state index contributed by atoms with van der Waals surface area (Å²) in [5, 5.41) is 14.2. The van der Waals surface area contributed by atoms with Gasteiger partial charge in [-0.15, -0.1) is 11.3 Å². The Balaban J connectivity index is 0.00000201. The van der Waals surface area contributed by atoms with E-state index in [-0.39, 0.29) is 26.3 Å². The first-order valence-electron chi connectivity index (χ1n) is 14.3. The maximum Gasteiger partial charge on any atom is 0.330 e. The fourth-order valence-corrected chi connectivity index (χ4v) is 5.45. The van der Waals surface area contributed by atoms with Crippen molar-refractivity contribution in [3.8, 4) is 0 Å². The molecule has 3 aromatic rings. The van der Waals surface area contributed by atoms with Gasteiger partial charge in [-0.3, -0.25) is 9.59 Å². The zero-order valence-corrected chi connectivity index (χ0v) is 26.7. The molecule has 1 aliphatic carbocycles. The third-order valence-corrected chi connectivity index (χ3v) is 8.42. The number of benzene rings is 2. The van der Waals surface area contributed by atoms with Crippen molar-refractivity contribution in [3.63, 3.8) is 0 Å². The van der Waals surface area contributed by atoms with Crippen LogP contribution in [0.2, 0.25) is 0 Å². The van der Waals surface area contributed by atoms with Crippen molar-refractivity contribution in [2.24, 2.45) is 5.41 Å². The lowest BCUT2D eigenvalue weighted by atomic mass is 9.80. The molecule has 0 spiro atoms. The highest BCUT2D eigenvalue weighted by Gasteiger charge is 2.46. The lowest BCUT2D eigenvalue weighted by molar-refractivity contribution is -0.160. The average molecular weight is 582 g/mol. The number of amides is 1. The number of thiazole rings is 1. The van der Waals surface area contributed by atoms with Crippen molar-refractivity contribution in [3.05, 3.63) is 58.6 Å². The third-order valence-electron chi connectivity index (χ3n) is 7.38. The fourth-order valence-electron chi connectivity index (χ4n) is 4.56. The van der Waals surface area contributed by atoms with Crippen molar-refractivity contribution in [1.29, 1.82) is 0 Å². The Labute approximate surface area is 250 Å². The van der Waals surface area contributed by atoms with Gasteiger partial charge in [-0.1, -0.05) is 49.6 Å². The molecule has 1 radical (unpaired) electrons. The predicted octanol–water partition coefficient (Wildman–Crippen LogP) is 5.51. The Bertz CT molecular complexity index is 1350. The van der Waals surface area contributed by atoms with Gasteiger partial charge in [0, 0.05) is 1.43 Å². The molecule has 0 saturated heterocycles. The molecule has 1 heterocycles. The lowest BCUT2D eigenvalue weighted by Crippen LogP contribution is -2.49. The van der Waals surface area contributed by atoms with Gasteiger partial charge in [0.2, 0.25) is 5.91 Å². The van der Waals surface area contributed by atoms with E-state index < -0.39 is 22.2 Å². The zero-order chi connectivity index (χ0) is 30.6.